The van der Waals surface area contributed by atoms with Crippen LogP contribution in [-0.2, 0) is 17.6 Å². The van der Waals surface area contributed by atoms with Gasteiger partial charge in [-0.1, -0.05) is 38.1 Å². The summed E-state index contributed by atoms with van der Waals surface area (Å²) < 4.78 is 10.1. The Kier molecular flexibility index (Phi) is 6.18. The summed E-state index contributed by atoms with van der Waals surface area (Å²) >= 11 is 0. The Labute approximate surface area is 166 Å². The summed E-state index contributed by atoms with van der Waals surface area (Å²) in [7, 11) is 0. The van der Waals surface area contributed by atoms with Crippen molar-refractivity contribution in [1.82, 2.24) is 10.3 Å². The van der Waals surface area contributed by atoms with Crippen LogP contribution in [0.25, 0.3) is 11.3 Å². The molecule has 150 valence electrons. The minimum atomic E-state index is -0.570. The third-order valence-electron chi connectivity index (χ3n) is 4.39. The molecule has 0 spiro atoms. The fraction of sp³-hybridized carbons (Fsp3) is 0.250. The highest BCUT2D eigenvalue weighted by molar-refractivity contribution is 5.94. The topological polar surface area (TPSA) is 120 Å². The van der Waals surface area contributed by atoms with Crippen LogP contribution in [0.4, 0.5) is 11.5 Å². The van der Waals surface area contributed by atoms with Crippen molar-refractivity contribution in [1.29, 1.82) is 0 Å². The summed E-state index contributed by atoms with van der Waals surface area (Å²) in [5.74, 6) is -0.357. The molecule has 1 N–H and O–H groups in total. The molecule has 2 aromatic carbocycles. The molecule has 0 aliphatic rings. The summed E-state index contributed by atoms with van der Waals surface area (Å²) in [4.78, 5) is 22.8. The smallest absolute Gasteiger partial charge is 0.310 e. The number of rotatable bonds is 8. The predicted octanol–water partition coefficient (Wildman–Crippen LogP) is 3.79. The van der Waals surface area contributed by atoms with Gasteiger partial charge in [0.1, 0.15) is 0 Å². The molecule has 0 fully saturated rings. The molecule has 0 aliphatic carbocycles. The number of nitrogens with one attached hydrogen (secondary N) is 1. The number of para-hydroxylation sites is 2. The van der Waals surface area contributed by atoms with Crippen LogP contribution in [-0.4, -0.2) is 27.8 Å². The third kappa shape index (κ3) is 4.57. The first-order valence-electron chi connectivity index (χ1n) is 9.14. The number of carbonyl (C=O) groups is 1. The molecule has 0 atom stereocenters. The zero-order valence-electron chi connectivity index (χ0n) is 16.0. The van der Waals surface area contributed by atoms with Gasteiger partial charge < -0.3 is 10.1 Å². The number of amides is 1. The van der Waals surface area contributed by atoms with E-state index in [1.54, 1.807) is 6.07 Å². The summed E-state index contributed by atoms with van der Waals surface area (Å²) in [6.45, 7) is 3.65. The van der Waals surface area contributed by atoms with Crippen molar-refractivity contribution >= 4 is 17.4 Å². The minimum absolute atomic E-state index is 0.00932. The van der Waals surface area contributed by atoms with E-state index in [-0.39, 0.29) is 17.3 Å². The van der Waals surface area contributed by atoms with Crippen LogP contribution in [0.3, 0.4) is 0 Å². The fourth-order valence-corrected chi connectivity index (χ4v) is 2.86. The number of carbonyl (C=O) groups excluding carboxylic acids is 1. The molecule has 0 saturated carbocycles. The van der Waals surface area contributed by atoms with E-state index in [0.717, 1.165) is 29.5 Å². The molecule has 9 nitrogen and oxygen atoms in total. The number of aromatic nitrogens is 2. The van der Waals surface area contributed by atoms with E-state index in [1.165, 1.54) is 18.2 Å². The van der Waals surface area contributed by atoms with Gasteiger partial charge in [-0.05, 0) is 46.4 Å². The number of nitrogens with zero attached hydrogens (tertiary/aromatic N) is 3. The Morgan fingerprint density at radius 1 is 1.17 bits per heavy atom. The summed E-state index contributed by atoms with van der Waals surface area (Å²) in [5, 5.41) is 21.4. The molecule has 0 aliphatic heterocycles. The molecule has 1 heterocycles. The van der Waals surface area contributed by atoms with Gasteiger partial charge in [0.2, 0.25) is 5.82 Å². The predicted molar refractivity (Wildman–Crippen MR) is 106 cm³/mol. The van der Waals surface area contributed by atoms with E-state index in [4.69, 9.17) is 9.37 Å². The first kappa shape index (κ1) is 20.0. The maximum absolute atomic E-state index is 12.3. The van der Waals surface area contributed by atoms with E-state index < -0.39 is 17.4 Å². The number of hydrogen-bond acceptors (Lipinski definition) is 7. The van der Waals surface area contributed by atoms with Crippen molar-refractivity contribution in [2.75, 3.05) is 11.9 Å². The van der Waals surface area contributed by atoms with Gasteiger partial charge in [0.15, 0.2) is 18.1 Å². The number of benzene rings is 2. The number of hydrogen-bond donors (Lipinski definition) is 1. The summed E-state index contributed by atoms with van der Waals surface area (Å²) in [6.07, 6.45) is 1.63. The van der Waals surface area contributed by atoms with Crippen LogP contribution in [0.1, 0.15) is 25.0 Å². The number of anilines is 1. The molecule has 3 rings (SSSR count). The van der Waals surface area contributed by atoms with E-state index in [1.807, 2.05) is 19.1 Å². The molecule has 9 heteroatoms. The number of ether oxygens (including phenoxy) is 1. The second-order valence-corrected chi connectivity index (χ2v) is 6.22. The second-order valence-electron chi connectivity index (χ2n) is 6.22. The van der Waals surface area contributed by atoms with Crippen LogP contribution >= 0.6 is 0 Å². The Morgan fingerprint density at radius 2 is 1.97 bits per heavy atom. The van der Waals surface area contributed by atoms with Gasteiger partial charge in [-0.3, -0.25) is 14.9 Å². The maximum Gasteiger partial charge on any atom is 0.310 e. The molecule has 29 heavy (non-hydrogen) atoms. The van der Waals surface area contributed by atoms with Gasteiger partial charge in [-0.2, -0.15) is 0 Å². The molecule has 0 radical (unpaired) electrons. The van der Waals surface area contributed by atoms with Crippen LogP contribution in [0.5, 0.6) is 5.75 Å². The zero-order valence-corrected chi connectivity index (χ0v) is 16.0. The first-order valence-corrected chi connectivity index (χ1v) is 9.14. The van der Waals surface area contributed by atoms with Crippen molar-refractivity contribution in [3.05, 3.63) is 63.7 Å². The Bertz CT molecular complexity index is 1030. The van der Waals surface area contributed by atoms with Gasteiger partial charge in [0, 0.05) is 11.6 Å². The monoisotopic (exact) mass is 396 g/mol. The van der Waals surface area contributed by atoms with Crippen LogP contribution in [0.15, 0.2) is 47.1 Å². The highest BCUT2D eigenvalue weighted by Crippen LogP contribution is 2.30. The highest BCUT2D eigenvalue weighted by Gasteiger charge is 2.19. The van der Waals surface area contributed by atoms with Crippen LogP contribution in [0.2, 0.25) is 0 Å². The average molecular weight is 396 g/mol. The molecule has 1 aromatic heterocycles. The highest BCUT2D eigenvalue weighted by atomic mass is 16.6. The number of nitro groups is 1. The van der Waals surface area contributed by atoms with E-state index in [9.17, 15) is 14.9 Å². The Hall–Kier alpha value is -3.75. The maximum atomic E-state index is 12.3. The minimum Gasteiger partial charge on any atom is -0.477 e. The third-order valence-corrected chi connectivity index (χ3v) is 4.39. The number of nitro benzene ring substituents is 1. The Morgan fingerprint density at radius 3 is 2.69 bits per heavy atom. The Balaban J connectivity index is 1.76. The molecule has 1 amide bonds. The lowest BCUT2D eigenvalue weighted by Crippen LogP contribution is -2.21. The van der Waals surface area contributed by atoms with Gasteiger partial charge in [0.05, 0.1) is 4.92 Å². The molecule has 0 saturated heterocycles. The average Bonchev–Trinajstić information content (AvgIpc) is 3.19. The second kappa shape index (κ2) is 8.96. The normalized spacial score (nSPS) is 10.6. The summed E-state index contributed by atoms with van der Waals surface area (Å²) in [6, 6.07) is 11.9. The lowest BCUT2D eigenvalue weighted by Gasteiger charge is -2.09. The molecule has 0 unspecified atom stereocenters. The largest absolute Gasteiger partial charge is 0.477 e. The zero-order chi connectivity index (χ0) is 20.8. The first-order chi connectivity index (χ1) is 14.0. The van der Waals surface area contributed by atoms with E-state index in [0.29, 0.717) is 5.69 Å². The quantitative estimate of drug-likeness (QED) is 0.454. The van der Waals surface area contributed by atoms with Crippen LogP contribution in [0, 0.1) is 10.1 Å². The van der Waals surface area contributed by atoms with E-state index in [2.05, 4.69) is 28.6 Å². The lowest BCUT2D eigenvalue weighted by atomic mass is 9.98. The van der Waals surface area contributed by atoms with Crippen molar-refractivity contribution in [3.8, 4) is 17.0 Å². The van der Waals surface area contributed by atoms with Gasteiger partial charge >= 0.3 is 5.69 Å². The van der Waals surface area contributed by atoms with Gasteiger partial charge in [0.25, 0.3) is 5.91 Å². The van der Waals surface area contributed by atoms with Crippen molar-refractivity contribution in [2.45, 2.75) is 26.7 Å². The summed E-state index contributed by atoms with van der Waals surface area (Å²) in [5.41, 5.74) is 3.22. The van der Waals surface area contributed by atoms with Crippen LogP contribution < -0.4 is 10.1 Å². The van der Waals surface area contributed by atoms with Crippen molar-refractivity contribution in [2.24, 2.45) is 0 Å². The fourth-order valence-electron chi connectivity index (χ4n) is 2.86. The van der Waals surface area contributed by atoms with Crippen molar-refractivity contribution < 1.29 is 19.1 Å². The molecule has 3 aromatic rings. The molecule has 0 bridgehead atoms. The van der Waals surface area contributed by atoms with E-state index >= 15 is 0 Å². The standard InChI is InChI=1S/C20H20N4O5/c1-3-13-9-10-14(4-2)15(11-13)19-20(23-29-22-19)21-18(25)12-28-17-8-6-5-7-16(17)24(26)27/h5-11H,3-4,12H2,1-2H3,(H,21,23,25). The van der Waals surface area contributed by atoms with Gasteiger partial charge in [-0.25, -0.2) is 4.63 Å². The molecular formula is C20H20N4O5. The van der Waals surface area contributed by atoms with Crippen molar-refractivity contribution in [3.63, 3.8) is 0 Å². The van der Waals surface area contributed by atoms with Gasteiger partial charge in [-0.15, -0.1) is 0 Å². The number of aryl methyl sites for hydroxylation is 2. The molecular weight excluding hydrogens is 376 g/mol. The SMILES string of the molecule is CCc1ccc(CC)c(-c2nonc2NC(=O)COc2ccccc2[N+](=O)[O-])c1. The lowest BCUT2D eigenvalue weighted by molar-refractivity contribution is -0.385.